The topological polar surface area (TPSA) is 37.3 Å². The molecule has 5 heteroatoms. The molecule has 0 spiro atoms. The minimum absolute atomic E-state index is 0.0154. The minimum atomic E-state index is -0.0154. The highest BCUT2D eigenvalue weighted by atomic mass is 32.1. The molecule has 3 rings (SSSR count). The maximum absolute atomic E-state index is 12.2. The molecule has 1 atom stereocenters. The van der Waals surface area contributed by atoms with Crippen LogP contribution in [0.25, 0.3) is 10.9 Å². The van der Waals surface area contributed by atoms with E-state index < -0.39 is 0 Å². The molecule has 120 valence electrons. The third-order valence-corrected chi connectivity index (χ3v) is 4.83. The molecule has 2 heterocycles. The highest BCUT2D eigenvalue weighted by Gasteiger charge is 2.20. The van der Waals surface area contributed by atoms with Crippen molar-refractivity contribution >= 4 is 28.1 Å². The normalized spacial score (nSPS) is 12.7. The van der Waals surface area contributed by atoms with E-state index in [4.69, 9.17) is 0 Å². The Morgan fingerprint density at radius 3 is 2.78 bits per heavy atom. The fourth-order valence-corrected chi connectivity index (χ4v) is 3.53. The zero-order valence-electron chi connectivity index (χ0n) is 13.6. The van der Waals surface area contributed by atoms with Gasteiger partial charge in [-0.1, -0.05) is 18.2 Å². The number of hydrogen-bond donors (Lipinski definition) is 1. The first-order valence-corrected chi connectivity index (χ1v) is 8.53. The molecule has 0 saturated heterocycles. The van der Waals surface area contributed by atoms with Crippen molar-refractivity contribution in [3.05, 3.63) is 58.4 Å². The first-order valence-electron chi connectivity index (χ1n) is 7.58. The number of benzene rings is 1. The quantitative estimate of drug-likeness (QED) is 0.781. The Kier molecular flexibility index (Phi) is 4.50. The van der Waals surface area contributed by atoms with Crippen molar-refractivity contribution in [2.75, 3.05) is 20.6 Å². The van der Waals surface area contributed by atoms with E-state index in [1.165, 1.54) is 27.8 Å². The number of amides is 1. The lowest BCUT2D eigenvalue weighted by molar-refractivity contribution is 0.0942. The largest absolute Gasteiger partial charge is 0.350 e. The standard InChI is InChI=1S/C18H21N3OS/c1-20(2)17(10-19-18(22)13-8-9-23-12-13)15-11-21(3)16-7-5-4-6-14(15)16/h4-9,11-12,17H,10H2,1-3H3,(H,19,22)/t17-/m1/s1. The van der Waals surface area contributed by atoms with Gasteiger partial charge in [-0.25, -0.2) is 0 Å². The molecule has 0 bridgehead atoms. The average molecular weight is 327 g/mol. The van der Waals surface area contributed by atoms with Crippen molar-refractivity contribution in [2.24, 2.45) is 7.05 Å². The fourth-order valence-electron chi connectivity index (χ4n) is 2.89. The van der Waals surface area contributed by atoms with Crippen molar-refractivity contribution in [3.63, 3.8) is 0 Å². The van der Waals surface area contributed by atoms with Crippen molar-refractivity contribution in [2.45, 2.75) is 6.04 Å². The van der Waals surface area contributed by atoms with Gasteiger partial charge in [-0.15, -0.1) is 0 Å². The van der Waals surface area contributed by atoms with Gasteiger partial charge in [0.15, 0.2) is 0 Å². The number of aromatic nitrogens is 1. The van der Waals surface area contributed by atoms with Crippen LogP contribution in [0.2, 0.25) is 0 Å². The smallest absolute Gasteiger partial charge is 0.252 e. The molecule has 23 heavy (non-hydrogen) atoms. The number of carbonyl (C=O) groups is 1. The van der Waals surface area contributed by atoms with Gasteiger partial charge < -0.3 is 14.8 Å². The number of hydrogen-bond acceptors (Lipinski definition) is 3. The number of aryl methyl sites for hydroxylation is 1. The molecule has 1 amide bonds. The monoisotopic (exact) mass is 327 g/mol. The average Bonchev–Trinajstić information content (AvgIpc) is 3.17. The predicted octanol–water partition coefficient (Wildman–Crippen LogP) is 3.27. The maximum Gasteiger partial charge on any atom is 0.252 e. The first-order chi connectivity index (χ1) is 11.1. The number of likely N-dealkylation sites (N-methyl/N-ethyl adjacent to an activating group) is 1. The van der Waals surface area contributed by atoms with Crippen molar-refractivity contribution < 1.29 is 4.79 Å². The van der Waals surface area contributed by atoms with E-state index >= 15 is 0 Å². The number of para-hydroxylation sites is 1. The Balaban J connectivity index is 1.85. The summed E-state index contributed by atoms with van der Waals surface area (Å²) in [5.41, 5.74) is 3.17. The van der Waals surface area contributed by atoms with Crippen LogP contribution in [-0.2, 0) is 7.05 Å². The molecule has 0 fully saturated rings. The summed E-state index contributed by atoms with van der Waals surface area (Å²) in [5.74, 6) is -0.0154. The number of rotatable bonds is 5. The van der Waals surface area contributed by atoms with Crippen LogP contribution in [-0.4, -0.2) is 36.0 Å². The molecule has 3 aromatic rings. The van der Waals surface area contributed by atoms with Gasteiger partial charge >= 0.3 is 0 Å². The van der Waals surface area contributed by atoms with Crippen LogP contribution in [0.1, 0.15) is 22.0 Å². The van der Waals surface area contributed by atoms with E-state index in [1.807, 2.05) is 30.9 Å². The van der Waals surface area contributed by atoms with Gasteiger partial charge in [-0.3, -0.25) is 4.79 Å². The molecular weight excluding hydrogens is 306 g/mol. The number of nitrogens with zero attached hydrogens (tertiary/aromatic N) is 2. The summed E-state index contributed by atoms with van der Waals surface area (Å²) in [6.45, 7) is 0.579. The number of nitrogens with one attached hydrogen (secondary N) is 1. The van der Waals surface area contributed by atoms with Gasteiger partial charge in [0, 0.05) is 41.6 Å². The second-order valence-electron chi connectivity index (χ2n) is 5.91. The highest BCUT2D eigenvalue weighted by molar-refractivity contribution is 7.08. The Morgan fingerprint density at radius 2 is 2.09 bits per heavy atom. The predicted molar refractivity (Wildman–Crippen MR) is 96.0 cm³/mol. The van der Waals surface area contributed by atoms with E-state index in [9.17, 15) is 4.79 Å². The van der Waals surface area contributed by atoms with Crippen LogP contribution in [0.15, 0.2) is 47.3 Å². The van der Waals surface area contributed by atoms with Gasteiger partial charge in [-0.2, -0.15) is 11.3 Å². The molecule has 0 aliphatic carbocycles. The maximum atomic E-state index is 12.2. The summed E-state index contributed by atoms with van der Waals surface area (Å²) in [6, 6.07) is 10.3. The molecule has 0 radical (unpaired) electrons. The van der Waals surface area contributed by atoms with E-state index in [1.54, 1.807) is 0 Å². The van der Waals surface area contributed by atoms with Crippen LogP contribution in [0.4, 0.5) is 0 Å². The third-order valence-electron chi connectivity index (χ3n) is 4.15. The third kappa shape index (κ3) is 3.16. The van der Waals surface area contributed by atoms with Gasteiger partial charge in [0.05, 0.1) is 6.04 Å². The summed E-state index contributed by atoms with van der Waals surface area (Å²) in [5, 5.41) is 8.08. The fraction of sp³-hybridized carbons (Fsp3) is 0.278. The molecule has 2 aromatic heterocycles. The van der Waals surface area contributed by atoms with Crippen molar-refractivity contribution in [3.8, 4) is 0 Å². The number of fused-ring (bicyclic) bond motifs is 1. The molecule has 1 N–H and O–H groups in total. The van der Waals surface area contributed by atoms with Crippen LogP contribution < -0.4 is 5.32 Å². The van der Waals surface area contributed by atoms with E-state index in [-0.39, 0.29) is 11.9 Å². The molecule has 0 unspecified atom stereocenters. The Hall–Kier alpha value is -2.11. The summed E-state index contributed by atoms with van der Waals surface area (Å²) in [4.78, 5) is 14.4. The Labute approximate surface area is 140 Å². The van der Waals surface area contributed by atoms with Crippen LogP contribution in [0, 0.1) is 0 Å². The second kappa shape index (κ2) is 6.56. The zero-order chi connectivity index (χ0) is 16.4. The summed E-state index contributed by atoms with van der Waals surface area (Å²) < 4.78 is 2.14. The van der Waals surface area contributed by atoms with E-state index in [0.29, 0.717) is 6.54 Å². The van der Waals surface area contributed by atoms with E-state index in [0.717, 1.165) is 5.56 Å². The van der Waals surface area contributed by atoms with Crippen LogP contribution >= 0.6 is 11.3 Å². The number of thiophene rings is 1. The Bertz CT molecular complexity index is 805. The molecule has 1 aromatic carbocycles. The molecule has 0 aliphatic rings. The van der Waals surface area contributed by atoms with Gasteiger partial charge in [0.2, 0.25) is 0 Å². The highest BCUT2D eigenvalue weighted by Crippen LogP contribution is 2.28. The molecule has 0 saturated carbocycles. The second-order valence-corrected chi connectivity index (χ2v) is 6.69. The van der Waals surface area contributed by atoms with Crippen LogP contribution in [0.5, 0.6) is 0 Å². The van der Waals surface area contributed by atoms with Gasteiger partial charge in [0.1, 0.15) is 0 Å². The minimum Gasteiger partial charge on any atom is -0.350 e. The van der Waals surface area contributed by atoms with Gasteiger partial charge in [0.25, 0.3) is 5.91 Å². The van der Waals surface area contributed by atoms with Gasteiger partial charge in [-0.05, 0) is 37.2 Å². The SMILES string of the molecule is CN(C)[C@H](CNC(=O)c1ccsc1)c1cn(C)c2ccccc12. The summed E-state index contributed by atoms with van der Waals surface area (Å²) in [6.07, 6.45) is 2.16. The lowest BCUT2D eigenvalue weighted by Gasteiger charge is -2.24. The lowest BCUT2D eigenvalue weighted by atomic mass is 10.0. The zero-order valence-corrected chi connectivity index (χ0v) is 14.4. The summed E-state index contributed by atoms with van der Waals surface area (Å²) in [7, 11) is 6.15. The molecular formula is C18H21N3OS. The summed E-state index contributed by atoms with van der Waals surface area (Å²) >= 11 is 1.54. The van der Waals surface area contributed by atoms with Crippen molar-refractivity contribution in [1.29, 1.82) is 0 Å². The molecule has 4 nitrogen and oxygen atoms in total. The van der Waals surface area contributed by atoms with E-state index in [2.05, 4.69) is 52.3 Å². The number of carbonyl (C=O) groups excluding carboxylic acids is 1. The first kappa shape index (κ1) is 15.8. The lowest BCUT2D eigenvalue weighted by Crippen LogP contribution is -2.34. The molecule has 0 aliphatic heterocycles. The Morgan fingerprint density at radius 1 is 1.30 bits per heavy atom. The van der Waals surface area contributed by atoms with Crippen LogP contribution in [0.3, 0.4) is 0 Å². The van der Waals surface area contributed by atoms with Crippen molar-refractivity contribution in [1.82, 2.24) is 14.8 Å².